The molecule has 3 nitrogen and oxygen atoms in total. The van der Waals surface area contributed by atoms with E-state index in [1.54, 1.807) is 11.3 Å². The quantitative estimate of drug-likeness (QED) is 0.832. The average Bonchev–Trinajstić information content (AvgIpc) is 2.85. The highest BCUT2D eigenvalue weighted by Crippen LogP contribution is 2.21. The first kappa shape index (κ1) is 10.4. The van der Waals surface area contributed by atoms with Gasteiger partial charge in [0, 0.05) is 18.0 Å². The number of hydrogen-bond acceptors (Lipinski definition) is 3. The third-order valence-corrected chi connectivity index (χ3v) is 3.22. The molecule has 1 atom stereocenters. The van der Waals surface area contributed by atoms with Crippen molar-refractivity contribution in [3.63, 3.8) is 0 Å². The van der Waals surface area contributed by atoms with E-state index in [-0.39, 0.29) is 0 Å². The zero-order chi connectivity index (χ0) is 10.7. The summed E-state index contributed by atoms with van der Waals surface area (Å²) in [5, 5.41) is 3.25. The van der Waals surface area contributed by atoms with Crippen LogP contribution in [0.3, 0.4) is 0 Å². The standard InChI is InChI=1S/C11H15N3S/c1-8(6-12)5-11-14-10(7-15-11)9-3-2-4-13-9/h2-4,7-8,13H,5-6,12H2,1H3. The highest BCUT2D eigenvalue weighted by atomic mass is 32.1. The van der Waals surface area contributed by atoms with Crippen molar-refractivity contribution in [3.05, 3.63) is 28.7 Å². The number of rotatable bonds is 4. The number of aromatic amines is 1. The molecule has 1 unspecified atom stereocenters. The van der Waals surface area contributed by atoms with Crippen LogP contribution in [-0.4, -0.2) is 16.5 Å². The highest BCUT2D eigenvalue weighted by Gasteiger charge is 2.07. The zero-order valence-electron chi connectivity index (χ0n) is 8.73. The number of nitrogens with one attached hydrogen (secondary N) is 1. The Morgan fingerprint density at radius 2 is 2.47 bits per heavy atom. The maximum absolute atomic E-state index is 5.59. The molecule has 2 rings (SSSR count). The highest BCUT2D eigenvalue weighted by molar-refractivity contribution is 7.09. The summed E-state index contributed by atoms with van der Waals surface area (Å²) in [7, 11) is 0. The number of H-pyrrole nitrogens is 1. The minimum Gasteiger partial charge on any atom is -0.360 e. The topological polar surface area (TPSA) is 54.7 Å². The molecule has 0 saturated carbocycles. The predicted molar refractivity (Wildman–Crippen MR) is 63.8 cm³/mol. The van der Waals surface area contributed by atoms with Gasteiger partial charge in [0.15, 0.2) is 0 Å². The van der Waals surface area contributed by atoms with Gasteiger partial charge in [-0.2, -0.15) is 0 Å². The van der Waals surface area contributed by atoms with Crippen LogP contribution in [0.15, 0.2) is 23.7 Å². The van der Waals surface area contributed by atoms with E-state index in [4.69, 9.17) is 5.73 Å². The van der Waals surface area contributed by atoms with Crippen molar-refractivity contribution in [2.24, 2.45) is 11.7 Å². The maximum atomic E-state index is 5.59. The minimum atomic E-state index is 0.507. The summed E-state index contributed by atoms with van der Waals surface area (Å²) in [6, 6.07) is 4.02. The fraction of sp³-hybridized carbons (Fsp3) is 0.364. The summed E-state index contributed by atoms with van der Waals surface area (Å²) < 4.78 is 0. The van der Waals surface area contributed by atoms with Gasteiger partial charge in [-0.05, 0) is 24.6 Å². The minimum absolute atomic E-state index is 0.507. The van der Waals surface area contributed by atoms with Gasteiger partial charge in [-0.1, -0.05) is 6.92 Å². The van der Waals surface area contributed by atoms with Crippen molar-refractivity contribution in [1.29, 1.82) is 0 Å². The normalized spacial score (nSPS) is 12.9. The van der Waals surface area contributed by atoms with Crippen molar-refractivity contribution >= 4 is 11.3 Å². The van der Waals surface area contributed by atoms with Crippen LogP contribution in [0.1, 0.15) is 11.9 Å². The molecule has 0 aromatic carbocycles. The van der Waals surface area contributed by atoms with Crippen molar-refractivity contribution in [3.8, 4) is 11.4 Å². The van der Waals surface area contributed by atoms with Gasteiger partial charge < -0.3 is 10.7 Å². The lowest BCUT2D eigenvalue weighted by Gasteiger charge is -2.03. The van der Waals surface area contributed by atoms with Gasteiger partial charge in [0.05, 0.1) is 16.4 Å². The largest absolute Gasteiger partial charge is 0.360 e. The molecule has 0 aliphatic carbocycles. The Balaban J connectivity index is 2.11. The second-order valence-corrected chi connectivity index (χ2v) is 4.70. The number of nitrogens with two attached hydrogens (primary N) is 1. The molecule has 0 bridgehead atoms. The van der Waals surface area contributed by atoms with E-state index in [1.807, 2.05) is 18.3 Å². The number of aromatic nitrogens is 2. The molecular weight excluding hydrogens is 206 g/mol. The summed E-state index contributed by atoms with van der Waals surface area (Å²) >= 11 is 1.70. The lowest BCUT2D eigenvalue weighted by molar-refractivity contribution is 0.591. The van der Waals surface area contributed by atoms with Gasteiger partial charge in [0.25, 0.3) is 0 Å². The van der Waals surface area contributed by atoms with E-state index in [0.717, 1.165) is 29.4 Å². The van der Waals surface area contributed by atoms with Crippen LogP contribution < -0.4 is 5.73 Å². The Hall–Kier alpha value is -1.13. The van der Waals surface area contributed by atoms with Gasteiger partial charge in [0.1, 0.15) is 0 Å². The molecule has 80 valence electrons. The molecule has 2 heterocycles. The van der Waals surface area contributed by atoms with Crippen molar-refractivity contribution in [2.45, 2.75) is 13.3 Å². The summed E-state index contributed by atoms with van der Waals surface area (Å²) in [6.45, 7) is 2.87. The van der Waals surface area contributed by atoms with E-state index in [9.17, 15) is 0 Å². The van der Waals surface area contributed by atoms with E-state index in [0.29, 0.717) is 5.92 Å². The Morgan fingerprint density at radius 3 is 3.13 bits per heavy atom. The summed E-state index contributed by atoms with van der Waals surface area (Å²) in [6.07, 6.45) is 2.89. The van der Waals surface area contributed by atoms with Gasteiger partial charge in [-0.15, -0.1) is 11.3 Å². The molecule has 3 N–H and O–H groups in total. The van der Waals surface area contributed by atoms with E-state index >= 15 is 0 Å². The van der Waals surface area contributed by atoms with Crippen LogP contribution in [0.25, 0.3) is 11.4 Å². The molecule has 0 aliphatic rings. The van der Waals surface area contributed by atoms with E-state index in [2.05, 4.69) is 22.3 Å². The van der Waals surface area contributed by atoms with Crippen LogP contribution in [0.4, 0.5) is 0 Å². The van der Waals surface area contributed by atoms with Gasteiger partial charge in [0.2, 0.25) is 0 Å². The Bertz CT molecular complexity index is 405. The van der Waals surface area contributed by atoms with E-state index < -0.39 is 0 Å². The van der Waals surface area contributed by atoms with Crippen LogP contribution in [0.5, 0.6) is 0 Å². The second kappa shape index (κ2) is 4.59. The van der Waals surface area contributed by atoms with Crippen LogP contribution in [0.2, 0.25) is 0 Å². The molecule has 2 aromatic heterocycles. The molecule has 0 saturated heterocycles. The summed E-state index contributed by atoms with van der Waals surface area (Å²) in [4.78, 5) is 7.73. The molecule has 0 aliphatic heterocycles. The average molecular weight is 221 g/mol. The van der Waals surface area contributed by atoms with Crippen molar-refractivity contribution in [1.82, 2.24) is 9.97 Å². The monoisotopic (exact) mass is 221 g/mol. The molecule has 0 spiro atoms. The van der Waals surface area contributed by atoms with Gasteiger partial charge in [-0.25, -0.2) is 4.98 Å². The van der Waals surface area contributed by atoms with Crippen LogP contribution >= 0.6 is 11.3 Å². The third kappa shape index (κ3) is 2.46. The summed E-state index contributed by atoms with van der Waals surface area (Å²) in [5.41, 5.74) is 7.71. The molecule has 0 fully saturated rings. The molecular formula is C11H15N3S. The molecule has 0 amide bonds. The Labute approximate surface area is 93.4 Å². The van der Waals surface area contributed by atoms with E-state index in [1.165, 1.54) is 0 Å². The predicted octanol–water partition coefficient (Wildman–Crippen LogP) is 2.28. The van der Waals surface area contributed by atoms with Crippen molar-refractivity contribution < 1.29 is 0 Å². The molecule has 15 heavy (non-hydrogen) atoms. The van der Waals surface area contributed by atoms with Crippen LogP contribution in [-0.2, 0) is 6.42 Å². The van der Waals surface area contributed by atoms with Gasteiger partial charge >= 0.3 is 0 Å². The summed E-state index contributed by atoms with van der Waals surface area (Å²) in [5.74, 6) is 0.507. The molecule has 0 radical (unpaired) electrons. The third-order valence-electron chi connectivity index (χ3n) is 2.35. The number of nitrogens with zero attached hydrogens (tertiary/aromatic N) is 1. The smallest absolute Gasteiger partial charge is 0.0976 e. The fourth-order valence-electron chi connectivity index (χ4n) is 1.40. The Kier molecular flexibility index (Phi) is 3.18. The fourth-order valence-corrected chi connectivity index (χ4v) is 2.36. The van der Waals surface area contributed by atoms with Gasteiger partial charge in [-0.3, -0.25) is 0 Å². The number of thiazole rings is 1. The Morgan fingerprint density at radius 1 is 1.60 bits per heavy atom. The van der Waals surface area contributed by atoms with Crippen LogP contribution in [0, 0.1) is 5.92 Å². The SMILES string of the molecule is CC(CN)Cc1nc(-c2ccc[nH]2)cs1. The lowest BCUT2D eigenvalue weighted by Crippen LogP contribution is -2.12. The number of hydrogen-bond donors (Lipinski definition) is 2. The lowest BCUT2D eigenvalue weighted by atomic mass is 10.1. The molecule has 4 heteroatoms. The zero-order valence-corrected chi connectivity index (χ0v) is 9.55. The maximum Gasteiger partial charge on any atom is 0.0976 e. The van der Waals surface area contributed by atoms with Crippen molar-refractivity contribution in [2.75, 3.05) is 6.54 Å². The first-order valence-electron chi connectivity index (χ1n) is 5.08. The second-order valence-electron chi connectivity index (χ2n) is 3.76. The first-order chi connectivity index (χ1) is 7.29. The molecule has 2 aromatic rings. The first-order valence-corrected chi connectivity index (χ1v) is 5.96.